The lowest BCUT2D eigenvalue weighted by Gasteiger charge is -2.23. The van der Waals surface area contributed by atoms with E-state index < -0.39 is 0 Å². The number of thioether (sulfide) groups is 1. The first-order chi connectivity index (χ1) is 13.7. The van der Waals surface area contributed by atoms with E-state index in [2.05, 4.69) is 18.4 Å². The molecule has 3 aromatic rings. The number of thiazole rings is 1. The van der Waals surface area contributed by atoms with Crippen LogP contribution >= 0.6 is 23.1 Å². The second kappa shape index (κ2) is 8.51. The Morgan fingerprint density at radius 1 is 1.32 bits per heavy atom. The number of rotatable bonds is 6. The van der Waals surface area contributed by atoms with Crippen LogP contribution in [-0.2, 0) is 4.74 Å². The summed E-state index contributed by atoms with van der Waals surface area (Å²) >= 11 is 3.25. The first-order valence-corrected chi connectivity index (χ1v) is 11.2. The average molecular weight is 415 g/mol. The normalized spacial score (nSPS) is 16.4. The molecule has 7 heteroatoms. The minimum atomic E-state index is -0.0673. The van der Waals surface area contributed by atoms with Gasteiger partial charge in [-0.15, -0.1) is 11.8 Å². The van der Waals surface area contributed by atoms with Crippen LogP contribution in [0.1, 0.15) is 23.2 Å². The monoisotopic (exact) mass is 414 g/mol. The van der Waals surface area contributed by atoms with E-state index in [0.29, 0.717) is 17.2 Å². The van der Waals surface area contributed by atoms with Crippen LogP contribution in [0.15, 0.2) is 47.4 Å². The highest BCUT2D eigenvalue weighted by molar-refractivity contribution is 7.98. The number of hydrogen-bond acceptors (Lipinski definition) is 6. The summed E-state index contributed by atoms with van der Waals surface area (Å²) in [4.78, 5) is 21.0. The van der Waals surface area contributed by atoms with Crippen molar-refractivity contribution in [1.82, 2.24) is 4.98 Å². The summed E-state index contributed by atoms with van der Waals surface area (Å²) < 4.78 is 12.1. The number of aromatic nitrogens is 1. The van der Waals surface area contributed by atoms with E-state index in [4.69, 9.17) is 14.5 Å². The predicted octanol–water partition coefficient (Wildman–Crippen LogP) is 4.85. The molecule has 0 bridgehead atoms. The van der Waals surface area contributed by atoms with Crippen molar-refractivity contribution < 1.29 is 14.3 Å². The second-order valence-electron chi connectivity index (χ2n) is 6.61. The van der Waals surface area contributed by atoms with E-state index in [1.807, 2.05) is 6.07 Å². The number of methoxy groups -OCH3 is 1. The molecule has 2 aromatic carbocycles. The number of fused-ring (bicyclic) bond motifs is 1. The molecule has 1 aliphatic rings. The van der Waals surface area contributed by atoms with Gasteiger partial charge in [0.2, 0.25) is 0 Å². The summed E-state index contributed by atoms with van der Waals surface area (Å²) in [7, 11) is 1.62. The van der Waals surface area contributed by atoms with E-state index in [1.165, 1.54) is 4.90 Å². The van der Waals surface area contributed by atoms with Crippen LogP contribution in [0.3, 0.4) is 0 Å². The lowest BCUT2D eigenvalue weighted by Crippen LogP contribution is -2.37. The van der Waals surface area contributed by atoms with Crippen molar-refractivity contribution >= 4 is 44.4 Å². The summed E-state index contributed by atoms with van der Waals surface area (Å²) in [6.45, 7) is 1.27. The zero-order chi connectivity index (χ0) is 19.5. The van der Waals surface area contributed by atoms with Crippen molar-refractivity contribution in [3.8, 4) is 5.75 Å². The van der Waals surface area contributed by atoms with Crippen molar-refractivity contribution in [2.45, 2.75) is 23.8 Å². The molecule has 0 saturated carbocycles. The van der Waals surface area contributed by atoms with Crippen molar-refractivity contribution in [2.75, 3.05) is 31.4 Å². The standard InChI is InChI=1S/C21H22N2O3S2/c1-25-15-7-5-14(6-8-15)20(24)23(13-16-4-3-11-26-16)21-22-18-10-9-17(27-2)12-19(18)28-21/h5-10,12,16H,3-4,11,13H2,1-2H3/t16-/m0/s1. The Bertz CT molecular complexity index is 965. The molecule has 146 valence electrons. The van der Waals surface area contributed by atoms with Crippen LogP contribution in [0.25, 0.3) is 10.2 Å². The van der Waals surface area contributed by atoms with Crippen molar-refractivity contribution in [2.24, 2.45) is 0 Å². The molecule has 0 radical (unpaired) electrons. The van der Waals surface area contributed by atoms with Gasteiger partial charge in [0.25, 0.3) is 5.91 Å². The van der Waals surface area contributed by atoms with Crippen LogP contribution in [0, 0.1) is 0 Å². The first-order valence-electron chi connectivity index (χ1n) is 9.20. The molecule has 1 aliphatic heterocycles. The summed E-state index contributed by atoms with van der Waals surface area (Å²) in [6, 6.07) is 13.4. The number of anilines is 1. The third-order valence-electron chi connectivity index (χ3n) is 4.81. The lowest BCUT2D eigenvalue weighted by atomic mass is 10.1. The lowest BCUT2D eigenvalue weighted by molar-refractivity contribution is 0.0917. The molecule has 1 saturated heterocycles. The quantitative estimate of drug-likeness (QED) is 0.540. The van der Waals surface area contributed by atoms with E-state index in [0.717, 1.165) is 35.4 Å². The SMILES string of the molecule is COc1ccc(C(=O)N(C[C@@H]2CCCO2)c2nc3ccc(SC)cc3s2)cc1. The van der Waals surface area contributed by atoms with Crippen LogP contribution in [0.2, 0.25) is 0 Å². The van der Waals surface area contributed by atoms with Crippen molar-refractivity contribution in [3.05, 3.63) is 48.0 Å². The molecule has 1 fully saturated rings. The van der Waals surface area contributed by atoms with Gasteiger partial charge in [-0.05, 0) is 61.6 Å². The van der Waals surface area contributed by atoms with E-state index >= 15 is 0 Å². The molecule has 0 aliphatic carbocycles. The molecule has 1 atom stereocenters. The first kappa shape index (κ1) is 19.2. The molecule has 1 aromatic heterocycles. The van der Waals surface area contributed by atoms with Gasteiger partial charge >= 0.3 is 0 Å². The van der Waals surface area contributed by atoms with Gasteiger partial charge in [0.15, 0.2) is 5.13 Å². The third-order valence-corrected chi connectivity index (χ3v) is 6.57. The smallest absolute Gasteiger partial charge is 0.260 e. The Morgan fingerprint density at radius 2 is 2.14 bits per heavy atom. The highest BCUT2D eigenvalue weighted by Gasteiger charge is 2.27. The molecule has 0 N–H and O–H groups in total. The zero-order valence-electron chi connectivity index (χ0n) is 15.9. The Balaban J connectivity index is 1.68. The van der Waals surface area contributed by atoms with Gasteiger partial charge in [0.1, 0.15) is 5.75 Å². The Kier molecular flexibility index (Phi) is 5.85. The van der Waals surface area contributed by atoms with Crippen molar-refractivity contribution in [3.63, 3.8) is 0 Å². The molecule has 0 unspecified atom stereocenters. The average Bonchev–Trinajstić information content (AvgIpc) is 3.40. The number of ether oxygens (including phenoxy) is 2. The summed E-state index contributed by atoms with van der Waals surface area (Å²) in [5.74, 6) is 0.661. The fraction of sp³-hybridized carbons (Fsp3) is 0.333. The maximum atomic E-state index is 13.3. The third kappa shape index (κ3) is 4.01. The molecule has 4 rings (SSSR count). The Labute approximate surface area is 172 Å². The fourth-order valence-corrected chi connectivity index (χ4v) is 4.79. The van der Waals surface area contributed by atoms with Crippen LogP contribution in [-0.4, -0.2) is 43.5 Å². The minimum Gasteiger partial charge on any atom is -0.497 e. The molecule has 1 amide bonds. The highest BCUT2D eigenvalue weighted by Crippen LogP contribution is 2.33. The second-order valence-corrected chi connectivity index (χ2v) is 8.50. The molecule has 2 heterocycles. The summed E-state index contributed by atoms with van der Waals surface area (Å²) in [6.07, 6.45) is 4.11. The fourth-order valence-electron chi connectivity index (χ4n) is 3.26. The minimum absolute atomic E-state index is 0.0518. The summed E-state index contributed by atoms with van der Waals surface area (Å²) in [5.41, 5.74) is 1.53. The van der Waals surface area contributed by atoms with Gasteiger partial charge < -0.3 is 9.47 Å². The number of hydrogen-bond donors (Lipinski definition) is 0. The molecular weight excluding hydrogens is 392 g/mol. The molecule has 5 nitrogen and oxygen atoms in total. The Hall–Kier alpha value is -2.09. The van der Waals surface area contributed by atoms with Gasteiger partial charge in [-0.25, -0.2) is 4.98 Å². The number of carbonyl (C=O) groups is 1. The molecular formula is C21H22N2O3S2. The maximum Gasteiger partial charge on any atom is 0.260 e. The van der Waals surface area contributed by atoms with Crippen LogP contribution < -0.4 is 9.64 Å². The summed E-state index contributed by atoms with van der Waals surface area (Å²) in [5, 5.41) is 0.713. The Morgan fingerprint density at radius 3 is 2.82 bits per heavy atom. The highest BCUT2D eigenvalue weighted by atomic mass is 32.2. The predicted molar refractivity (Wildman–Crippen MR) is 115 cm³/mol. The number of benzene rings is 2. The molecule has 0 spiro atoms. The number of nitrogens with zero attached hydrogens (tertiary/aromatic N) is 2. The van der Waals surface area contributed by atoms with E-state index in [9.17, 15) is 4.79 Å². The van der Waals surface area contributed by atoms with Crippen LogP contribution in [0.4, 0.5) is 5.13 Å². The van der Waals surface area contributed by atoms with Gasteiger partial charge in [0, 0.05) is 17.1 Å². The van der Waals surface area contributed by atoms with Crippen LogP contribution in [0.5, 0.6) is 5.75 Å². The van der Waals surface area contributed by atoms with Crippen molar-refractivity contribution in [1.29, 1.82) is 0 Å². The van der Waals surface area contributed by atoms with E-state index in [-0.39, 0.29) is 12.0 Å². The van der Waals surface area contributed by atoms with Gasteiger partial charge in [-0.3, -0.25) is 9.69 Å². The van der Waals surface area contributed by atoms with Gasteiger partial charge in [0.05, 0.1) is 30.0 Å². The van der Waals surface area contributed by atoms with Gasteiger partial charge in [-0.1, -0.05) is 11.3 Å². The van der Waals surface area contributed by atoms with E-state index in [1.54, 1.807) is 59.4 Å². The molecule has 28 heavy (non-hydrogen) atoms. The maximum absolute atomic E-state index is 13.3. The number of carbonyl (C=O) groups excluding carboxylic acids is 1. The topological polar surface area (TPSA) is 51.7 Å². The van der Waals surface area contributed by atoms with Gasteiger partial charge in [-0.2, -0.15) is 0 Å². The number of amides is 1. The zero-order valence-corrected chi connectivity index (χ0v) is 17.5. The largest absolute Gasteiger partial charge is 0.497 e.